The van der Waals surface area contributed by atoms with Gasteiger partial charge in [-0.25, -0.2) is 4.79 Å². The number of benzene rings is 1. The lowest BCUT2D eigenvalue weighted by atomic mass is 10.2. The van der Waals surface area contributed by atoms with Gasteiger partial charge in [-0.15, -0.1) is 0 Å². The maximum Gasteiger partial charge on any atom is 0.341 e. The van der Waals surface area contributed by atoms with E-state index in [1.807, 2.05) is 36.4 Å². The fourth-order valence-electron chi connectivity index (χ4n) is 1.39. The van der Waals surface area contributed by atoms with E-state index < -0.39 is 5.97 Å². The first-order chi connectivity index (χ1) is 7.75. The van der Waals surface area contributed by atoms with Crippen LogP contribution in [0.15, 0.2) is 42.3 Å². The predicted octanol–water partition coefficient (Wildman–Crippen LogP) is 2.07. The van der Waals surface area contributed by atoms with Crippen LogP contribution in [0.2, 0.25) is 0 Å². The van der Waals surface area contributed by atoms with Crippen molar-refractivity contribution in [3.63, 3.8) is 0 Å². The van der Waals surface area contributed by atoms with Gasteiger partial charge in [0, 0.05) is 5.69 Å². The van der Waals surface area contributed by atoms with Gasteiger partial charge >= 0.3 is 5.97 Å². The average Bonchev–Trinajstić information content (AvgIpc) is 2.47. The van der Waals surface area contributed by atoms with Crippen LogP contribution in [-0.4, -0.2) is 17.7 Å². The Bertz CT molecular complexity index is 463. The van der Waals surface area contributed by atoms with E-state index in [0.29, 0.717) is 5.88 Å². The summed E-state index contributed by atoms with van der Waals surface area (Å²) in [6.45, 7) is -0.352. The number of carbonyl (C=O) groups is 1. The third-order valence-electron chi connectivity index (χ3n) is 2.09. The van der Waals surface area contributed by atoms with E-state index in [1.54, 1.807) is 6.08 Å². The Labute approximate surface area is 92.9 Å². The van der Waals surface area contributed by atoms with E-state index >= 15 is 0 Å². The molecule has 4 nitrogen and oxygen atoms in total. The van der Waals surface area contributed by atoms with Crippen LogP contribution >= 0.6 is 0 Å². The van der Waals surface area contributed by atoms with Crippen molar-refractivity contribution >= 4 is 17.7 Å². The SMILES string of the molecule is O=C(O)COC1=CC=Cc2ccccc2N1. The third kappa shape index (κ3) is 2.42. The first-order valence-corrected chi connectivity index (χ1v) is 4.85. The molecule has 0 aromatic heterocycles. The van der Waals surface area contributed by atoms with E-state index in [2.05, 4.69) is 5.32 Å². The van der Waals surface area contributed by atoms with Gasteiger partial charge < -0.3 is 15.2 Å². The zero-order valence-electron chi connectivity index (χ0n) is 8.51. The Hall–Kier alpha value is -2.23. The van der Waals surface area contributed by atoms with Crippen LogP contribution in [0.1, 0.15) is 5.56 Å². The second-order valence-electron chi connectivity index (χ2n) is 3.28. The predicted molar refractivity (Wildman–Crippen MR) is 60.8 cm³/mol. The van der Waals surface area contributed by atoms with Gasteiger partial charge in [-0.3, -0.25) is 0 Å². The van der Waals surface area contributed by atoms with Crippen LogP contribution in [0.4, 0.5) is 5.69 Å². The second-order valence-corrected chi connectivity index (χ2v) is 3.28. The molecule has 2 rings (SSSR count). The zero-order valence-corrected chi connectivity index (χ0v) is 8.51. The van der Waals surface area contributed by atoms with Crippen LogP contribution in [0.5, 0.6) is 0 Å². The highest BCUT2D eigenvalue weighted by Gasteiger charge is 2.06. The highest BCUT2D eigenvalue weighted by atomic mass is 16.5. The Kier molecular flexibility index (Phi) is 2.91. The third-order valence-corrected chi connectivity index (χ3v) is 2.09. The summed E-state index contributed by atoms with van der Waals surface area (Å²) in [5.41, 5.74) is 1.93. The molecule has 1 aromatic carbocycles. The molecule has 0 radical (unpaired) electrons. The molecule has 1 aliphatic heterocycles. The number of ether oxygens (including phenoxy) is 1. The number of rotatable bonds is 3. The molecule has 0 amide bonds. The molecule has 1 aromatic rings. The van der Waals surface area contributed by atoms with E-state index in [4.69, 9.17) is 9.84 Å². The summed E-state index contributed by atoms with van der Waals surface area (Å²) in [6, 6.07) is 7.71. The molecule has 4 heteroatoms. The number of fused-ring (bicyclic) bond motifs is 1. The molecule has 0 bridgehead atoms. The van der Waals surface area contributed by atoms with Crippen molar-refractivity contribution < 1.29 is 14.6 Å². The van der Waals surface area contributed by atoms with Gasteiger partial charge in [-0.05, 0) is 17.7 Å². The van der Waals surface area contributed by atoms with Gasteiger partial charge in [0.1, 0.15) is 0 Å². The zero-order chi connectivity index (χ0) is 11.4. The Balaban J connectivity index is 2.13. The number of nitrogens with one attached hydrogen (secondary N) is 1. The maximum atomic E-state index is 10.4. The average molecular weight is 217 g/mol. The van der Waals surface area contributed by atoms with Gasteiger partial charge in [-0.2, -0.15) is 0 Å². The minimum Gasteiger partial charge on any atom is -0.479 e. The lowest BCUT2D eigenvalue weighted by molar-refractivity contribution is -0.140. The monoisotopic (exact) mass is 217 g/mol. The number of carboxylic acid groups (broad SMARTS) is 1. The lowest BCUT2D eigenvalue weighted by Gasteiger charge is -2.11. The van der Waals surface area contributed by atoms with E-state index in [1.165, 1.54) is 0 Å². The fourth-order valence-corrected chi connectivity index (χ4v) is 1.39. The molecule has 0 unspecified atom stereocenters. The molecule has 0 saturated carbocycles. The highest BCUT2D eigenvalue weighted by Crippen LogP contribution is 2.21. The molecular weight excluding hydrogens is 206 g/mol. The summed E-state index contributed by atoms with van der Waals surface area (Å²) >= 11 is 0. The standard InChI is InChI=1S/C12H11NO3/c14-12(15)8-16-11-7-3-5-9-4-1-2-6-10(9)13-11/h1-7,13H,8H2,(H,14,15). The van der Waals surface area contributed by atoms with Gasteiger partial charge in [0.15, 0.2) is 12.5 Å². The van der Waals surface area contributed by atoms with E-state index in [9.17, 15) is 4.79 Å². The van der Waals surface area contributed by atoms with Crippen molar-refractivity contribution in [1.29, 1.82) is 0 Å². The first kappa shape index (κ1) is 10.3. The largest absolute Gasteiger partial charge is 0.479 e. The van der Waals surface area contributed by atoms with Crippen LogP contribution < -0.4 is 5.32 Å². The Morgan fingerprint density at radius 2 is 2.19 bits per heavy atom. The van der Waals surface area contributed by atoms with Crippen molar-refractivity contribution in [3.05, 3.63) is 47.9 Å². The van der Waals surface area contributed by atoms with Crippen molar-refractivity contribution in [1.82, 2.24) is 0 Å². The van der Waals surface area contributed by atoms with Crippen molar-refractivity contribution in [3.8, 4) is 0 Å². The number of anilines is 1. The van der Waals surface area contributed by atoms with E-state index in [0.717, 1.165) is 11.3 Å². The van der Waals surface area contributed by atoms with Crippen LogP contribution in [-0.2, 0) is 9.53 Å². The van der Waals surface area contributed by atoms with Crippen molar-refractivity contribution in [2.45, 2.75) is 0 Å². The maximum absolute atomic E-state index is 10.4. The second kappa shape index (κ2) is 4.53. The number of allylic oxidation sites excluding steroid dienone is 2. The Morgan fingerprint density at radius 3 is 3.00 bits per heavy atom. The highest BCUT2D eigenvalue weighted by molar-refractivity contribution is 5.71. The van der Waals surface area contributed by atoms with Crippen molar-refractivity contribution in [2.24, 2.45) is 0 Å². The molecule has 0 fully saturated rings. The number of para-hydroxylation sites is 1. The normalized spacial score (nSPS) is 13.1. The molecule has 82 valence electrons. The molecule has 2 N–H and O–H groups in total. The Morgan fingerprint density at radius 1 is 1.38 bits per heavy atom. The molecule has 1 aliphatic rings. The summed E-state index contributed by atoms with van der Waals surface area (Å²) < 4.78 is 5.08. The first-order valence-electron chi connectivity index (χ1n) is 4.85. The molecule has 0 atom stereocenters. The van der Waals surface area contributed by atoms with E-state index in [-0.39, 0.29) is 6.61 Å². The lowest BCUT2D eigenvalue weighted by Crippen LogP contribution is -2.11. The molecule has 0 spiro atoms. The van der Waals surface area contributed by atoms with Crippen molar-refractivity contribution in [2.75, 3.05) is 11.9 Å². The van der Waals surface area contributed by atoms with Gasteiger partial charge in [-0.1, -0.05) is 30.4 Å². The molecule has 0 aliphatic carbocycles. The van der Waals surface area contributed by atoms with Gasteiger partial charge in [0.2, 0.25) is 0 Å². The fraction of sp³-hybridized carbons (Fsp3) is 0.0833. The number of aliphatic carboxylic acids is 1. The minimum atomic E-state index is -0.996. The molecule has 1 heterocycles. The van der Waals surface area contributed by atoms with Crippen LogP contribution in [0.3, 0.4) is 0 Å². The van der Waals surface area contributed by atoms with Crippen LogP contribution in [0, 0.1) is 0 Å². The summed E-state index contributed by atoms with van der Waals surface area (Å²) in [5.74, 6) is -0.562. The molecule has 16 heavy (non-hydrogen) atoms. The molecular formula is C12H11NO3. The number of hydrogen-bond acceptors (Lipinski definition) is 3. The van der Waals surface area contributed by atoms with Gasteiger partial charge in [0.05, 0.1) is 0 Å². The topological polar surface area (TPSA) is 58.6 Å². The number of carboxylic acids is 1. The molecule has 0 saturated heterocycles. The summed E-state index contributed by atoms with van der Waals surface area (Å²) in [4.78, 5) is 10.4. The van der Waals surface area contributed by atoms with Gasteiger partial charge in [0.25, 0.3) is 0 Å². The smallest absolute Gasteiger partial charge is 0.341 e. The van der Waals surface area contributed by atoms with Crippen LogP contribution in [0.25, 0.3) is 6.08 Å². The minimum absolute atomic E-state index is 0.352. The summed E-state index contributed by atoms with van der Waals surface area (Å²) in [6.07, 6.45) is 5.44. The summed E-state index contributed by atoms with van der Waals surface area (Å²) in [7, 11) is 0. The number of hydrogen-bond donors (Lipinski definition) is 2. The summed E-state index contributed by atoms with van der Waals surface area (Å²) in [5, 5.41) is 11.5. The quantitative estimate of drug-likeness (QED) is 0.813.